The number of carbonyl (C=O) groups is 2. The maximum atomic E-state index is 13.7. The number of allylic oxidation sites excluding steroid dienone is 6. The van der Waals surface area contributed by atoms with Gasteiger partial charge in [0.2, 0.25) is 17.1 Å². The zero-order valence-corrected chi connectivity index (χ0v) is 23.4. The van der Waals surface area contributed by atoms with Crippen molar-refractivity contribution < 1.29 is 19.3 Å². The molecule has 1 N–H and O–H groups in total. The van der Waals surface area contributed by atoms with Gasteiger partial charge in [0.1, 0.15) is 12.3 Å². The maximum Gasteiger partial charge on any atom is 0.237 e. The third kappa shape index (κ3) is 3.34. The first-order chi connectivity index (χ1) is 20.4. The largest absolute Gasteiger partial charge is 0.506 e. The second-order valence-corrected chi connectivity index (χ2v) is 10.9. The number of aliphatic hydroxyl groups excluding tert-OH is 1. The zero-order valence-electron chi connectivity index (χ0n) is 23.4. The first kappa shape index (κ1) is 25.7. The Morgan fingerprint density at radius 1 is 1.00 bits per heavy atom. The van der Waals surface area contributed by atoms with Crippen LogP contribution in [0.4, 0.5) is 11.4 Å². The molecule has 7 nitrogen and oxygen atoms in total. The van der Waals surface area contributed by atoms with E-state index in [1.807, 2.05) is 62.7 Å². The lowest BCUT2D eigenvalue weighted by atomic mass is 9.78. The van der Waals surface area contributed by atoms with Crippen LogP contribution in [0.15, 0.2) is 71.3 Å². The van der Waals surface area contributed by atoms with Crippen LogP contribution in [0.1, 0.15) is 54.5 Å². The van der Waals surface area contributed by atoms with Crippen LogP contribution >= 0.6 is 0 Å². The van der Waals surface area contributed by atoms with Crippen molar-refractivity contribution in [3.05, 3.63) is 111 Å². The lowest BCUT2D eigenvalue weighted by Gasteiger charge is -2.33. The van der Waals surface area contributed by atoms with E-state index < -0.39 is 11.6 Å². The fourth-order valence-electron chi connectivity index (χ4n) is 7.19. The van der Waals surface area contributed by atoms with Gasteiger partial charge in [-0.2, -0.15) is 9.83 Å². The number of ketones is 2. The number of hydrogen-bond donors (Lipinski definition) is 1. The van der Waals surface area contributed by atoms with Gasteiger partial charge in [0.05, 0.1) is 29.4 Å². The van der Waals surface area contributed by atoms with E-state index in [1.54, 1.807) is 0 Å². The summed E-state index contributed by atoms with van der Waals surface area (Å²) < 4.78 is 2.10. The van der Waals surface area contributed by atoms with Crippen LogP contribution < -0.4 is 9.47 Å². The van der Waals surface area contributed by atoms with Crippen LogP contribution in [0.3, 0.4) is 0 Å². The van der Waals surface area contributed by atoms with Crippen molar-refractivity contribution >= 4 is 45.0 Å². The number of aryl methyl sites for hydroxylation is 2. The van der Waals surface area contributed by atoms with E-state index >= 15 is 0 Å². The fraction of sp³-hybridized carbons (Fsp3) is 0.229. The number of nitriles is 1. The summed E-state index contributed by atoms with van der Waals surface area (Å²) in [6.45, 7) is 13.3. The molecule has 0 amide bonds. The number of benzene rings is 2. The number of rotatable bonds is 3. The molecule has 0 saturated heterocycles. The van der Waals surface area contributed by atoms with Crippen molar-refractivity contribution in [1.29, 1.82) is 5.26 Å². The van der Waals surface area contributed by atoms with E-state index in [2.05, 4.69) is 20.4 Å². The fourth-order valence-corrected chi connectivity index (χ4v) is 7.19. The molecule has 2 heterocycles. The van der Waals surface area contributed by atoms with Crippen molar-refractivity contribution in [2.45, 2.75) is 46.1 Å². The van der Waals surface area contributed by atoms with Gasteiger partial charge in [-0.3, -0.25) is 9.59 Å². The summed E-state index contributed by atoms with van der Waals surface area (Å²) in [6, 6.07) is 11.8. The van der Waals surface area contributed by atoms with Gasteiger partial charge in [-0.1, -0.05) is 0 Å². The van der Waals surface area contributed by atoms with Crippen molar-refractivity contribution in [3.63, 3.8) is 0 Å². The van der Waals surface area contributed by atoms with E-state index in [9.17, 15) is 20.0 Å². The minimum absolute atomic E-state index is 0.0718. The zero-order chi connectivity index (χ0) is 29.3. The summed E-state index contributed by atoms with van der Waals surface area (Å²) in [5.74, 6) is -1.65. The molecule has 7 heteroatoms. The molecule has 2 aromatic carbocycles. The standard InChI is InChI=1S/C35H26N4O3/c1-4-38-16-14-23-21(8-7-20-19(18-36)6-12-27(38)29(20)23)31-33(40)32(35(42)34(31)41)22-9-10-25-26(37-3)11-13-28-30(25)24(22)15-17-39(28)5-2/h6,11-17H,4-5,7-10H2,1-2H3/p+1. The molecular formula is C35H27N4O3+. The molecule has 1 aliphatic heterocycles. The number of anilines is 1. The number of carbonyl (C=O) groups excluding carboxylic acids is 2. The lowest BCUT2D eigenvalue weighted by molar-refractivity contribution is -0.667. The van der Waals surface area contributed by atoms with Gasteiger partial charge in [-0.25, -0.2) is 4.85 Å². The molecule has 3 aromatic rings. The Kier molecular flexibility index (Phi) is 5.74. The molecule has 0 spiro atoms. The van der Waals surface area contributed by atoms with E-state index in [1.165, 1.54) is 0 Å². The quantitative estimate of drug-likeness (QED) is 0.187. The summed E-state index contributed by atoms with van der Waals surface area (Å²) in [5.41, 5.74) is 8.86. The van der Waals surface area contributed by atoms with Gasteiger partial charge < -0.3 is 10.0 Å². The molecule has 0 atom stereocenters. The highest BCUT2D eigenvalue weighted by Gasteiger charge is 2.43. The topological polar surface area (TPSA) is 89.6 Å². The number of Topliss-reactive ketones (excluding diaryl/α,β-unsaturated/α-hetero) is 2. The highest BCUT2D eigenvalue weighted by Crippen LogP contribution is 2.49. The van der Waals surface area contributed by atoms with Gasteiger partial charge >= 0.3 is 0 Å². The van der Waals surface area contributed by atoms with Crippen LogP contribution in [0.5, 0.6) is 0 Å². The maximum absolute atomic E-state index is 13.7. The lowest BCUT2D eigenvalue weighted by Crippen LogP contribution is -2.33. The van der Waals surface area contributed by atoms with E-state index in [0.29, 0.717) is 48.1 Å². The Bertz CT molecular complexity index is 2030. The molecule has 7 rings (SSSR count). The Morgan fingerprint density at radius 2 is 1.76 bits per heavy atom. The van der Waals surface area contributed by atoms with Crippen LogP contribution in [0.2, 0.25) is 0 Å². The minimum atomic E-state index is -0.693. The first-order valence-electron chi connectivity index (χ1n) is 14.3. The summed E-state index contributed by atoms with van der Waals surface area (Å²) in [4.78, 5) is 33.3. The van der Waals surface area contributed by atoms with Crippen LogP contribution in [0.25, 0.3) is 26.9 Å². The molecule has 1 aromatic heterocycles. The molecule has 204 valence electrons. The minimum Gasteiger partial charge on any atom is -0.506 e. The molecule has 0 radical (unpaired) electrons. The SMILES string of the molecule is [C-]#[N+]c1ccc2c3c(cc[n+]2CC)C(=C2C(=O)C(=O)C(C4=C5C=CN(CC)c6ccc(C#N)c(c65)CC4)=C2O)CCc13. The van der Waals surface area contributed by atoms with E-state index in [-0.39, 0.29) is 16.9 Å². The number of pyridine rings is 1. The van der Waals surface area contributed by atoms with Crippen molar-refractivity contribution in [3.8, 4) is 6.07 Å². The first-order valence-corrected chi connectivity index (χ1v) is 14.3. The molecular weight excluding hydrogens is 524 g/mol. The second kappa shape index (κ2) is 9.39. The van der Waals surface area contributed by atoms with Crippen LogP contribution in [0, 0.1) is 17.9 Å². The van der Waals surface area contributed by atoms with Gasteiger partial charge in [0.15, 0.2) is 11.9 Å². The van der Waals surface area contributed by atoms with Crippen LogP contribution in [-0.2, 0) is 29.0 Å². The molecule has 0 bridgehead atoms. The smallest absolute Gasteiger partial charge is 0.237 e. The summed E-state index contributed by atoms with van der Waals surface area (Å²) >= 11 is 0. The Morgan fingerprint density at radius 3 is 2.50 bits per heavy atom. The number of hydrogen-bond acceptors (Lipinski definition) is 5. The van der Waals surface area contributed by atoms with E-state index in [0.717, 1.165) is 57.5 Å². The van der Waals surface area contributed by atoms with E-state index in [4.69, 9.17) is 6.57 Å². The second-order valence-electron chi connectivity index (χ2n) is 10.9. The predicted molar refractivity (Wildman–Crippen MR) is 160 cm³/mol. The Labute approximate surface area is 243 Å². The average molecular weight is 552 g/mol. The summed E-state index contributed by atoms with van der Waals surface area (Å²) in [5, 5.41) is 22.4. The molecule has 0 unspecified atom stereocenters. The highest BCUT2D eigenvalue weighted by atomic mass is 16.3. The normalized spacial score (nSPS) is 19.0. The molecule has 0 fully saturated rings. The Balaban J connectivity index is 1.48. The van der Waals surface area contributed by atoms with Crippen molar-refractivity contribution in [2.75, 3.05) is 11.4 Å². The predicted octanol–water partition coefficient (Wildman–Crippen LogP) is 5.99. The third-order valence-corrected chi connectivity index (χ3v) is 9.12. The average Bonchev–Trinajstić information content (AvgIpc) is 3.24. The molecule has 3 aliphatic carbocycles. The van der Waals surface area contributed by atoms with Gasteiger partial charge in [0.25, 0.3) is 0 Å². The highest BCUT2D eigenvalue weighted by molar-refractivity contribution is 6.55. The monoisotopic (exact) mass is 551 g/mol. The third-order valence-electron chi connectivity index (χ3n) is 9.12. The van der Waals surface area contributed by atoms with Gasteiger partial charge in [0, 0.05) is 35.4 Å². The molecule has 4 aliphatic rings. The number of aromatic nitrogens is 1. The van der Waals surface area contributed by atoms with Gasteiger partial charge in [-0.15, -0.1) is 0 Å². The van der Waals surface area contributed by atoms with Crippen LogP contribution in [-0.4, -0.2) is 23.2 Å². The summed E-state index contributed by atoms with van der Waals surface area (Å²) in [6.07, 6.45) is 7.78. The number of aliphatic hydroxyl groups is 1. The van der Waals surface area contributed by atoms with Gasteiger partial charge in [-0.05, 0) is 103 Å². The Hall–Kier alpha value is -5.27. The van der Waals surface area contributed by atoms with Crippen molar-refractivity contribution in [1.82, 2.24) is 0 Å². The number of nitrogens with zero attached hydrogens (tertiary/aromatic N) is 4. The van der Waals surface area contributed by atoms with Crippen molar-refractivity contribution in [2.24, 2.45) is 0 Å². The molecule has 42 heavy (non-hydrogen) atoms. The summed E-state index contributed by atoms with van der Waals surface area (Å²) in [7, 11) is 0. The molecule has 0 saturated carbocycles.